The van der Waals surface area contributed by atoms with Crippen LogP contribution in [0.15, 0.2) is 47.3 Å². The van der Waals surface area contributed by atoms with Crippen molar-refractivity contribution in [1.29, 1.82) is 0 Å². The van der Waals surface area contributed by atoms with Gasteiger partial charge in [0.1, 0.15) is 5.82 Å². The Morgan fingerprint density at radius 1 is 1.23 bits per heavy atom. The van der Waals surface area contributed by atoms with Gasteiger partial charge in [-0.2, -0.15) is 0 Å². The number of nitrogens with zero attached hydrogens (tertiary/aromatic N) is 2. The zero-order chi connectivity index (χ0) is 21.3. The molecule has 0 bridgehead atoms. The Bertz CT molecular complexity index is 1190. The maximum absolute atomic E-state index is 12.9. The Morgan fingerprint density at radius 2 is 2.00 bits per heavy atom. The number of carbonyl (C=O) groups is 2. The van der Waals surface area contributed by atoms with Crippen LogP contribution in [-0.4, -0.2) is 28.5 Å². The Balaban J connectivity index is 1.64. The number of esters is 1. The van der Waals surface area contributed by atoms with Gasteiger partial charge in [0.15, 0.2) is 0 Å². The number of hydrogen-bond acceptors (Lipinski definition) is 5. The first-order valence-corrected chi connectivity index (χ1v) is 10.0. The highest BCUT2D eigenvalue weighted by Crippen LogP contribution is 2.22. The zero-order valence-electron chi connectivity index (χ0n) is 16.4. The molecule has 0 fully saturated rings. The van der Waals surface area contributed by atoms with Crippen LogP contribution in [0.2, 0.25) is 5.02 Å². The summed E-state index contributed by atoms with van der Waals surface area (Å²) < 4.78 is 6.45. The van der Waals surface area contributed by atoms with Gasteiger partial charge in [-0.15, -0.1) is 0 Å². The molecule has 30 heavy (non-hydrogen) atoms. The molecule has 0 spiro atoms. The molecule has 1 aliphatic rings. The number of benzene rings is 2. The summed E-state index contributed by atoms with van der Waals surface area (Å²) in [5.74, 6) is -0.0723. The fourth-order valence-electron chi connectivity index (χ4n) is 3.66. The molecule has 0 saturated carbocycles. The highest BCUT2D eigenvalue weighted by molar-refractivity contribution is 6.30. The van der Waals surface area contributed by atoms with Crippen LogP contribution < -0.4 is 10.9 Å². The second-order valence-corrected chi connectivity index (χ2v) is 7.61. The number of methoxy groups -OCH3 is 1. The van der Waals surface area contributed by atoms with Crippen molar-refractivity contribution in [2.75, 3.05) is 7.11 Å². The number of fused-ring (bicyclic) bond motifs is 2. The van der Waals surface area contributed by atoms with Crippen molar-refractivity contribution in [2.24, 2.45) is 0 Å². The Morgan fingerprint density at radius 3 is 2.73 bits per heavy atom. The second kappa shape index (κ2) is 8.28. The first-order chi connectivity index (χ1) is 14.5. The minimum atomic E-state index is -0.587. The lowest BCUT2D eigenvalue weighted by Crippen LogP contribution is -2.30. The molecule has 1 amide bonds. The molecule has 1 aromatic heterocycles. The summed E-state index contributed by atoms with van der Waals surface area (Å²) in [6.45, 7) is 0.676. The number of rotatable bonds is 5. The van der Waals surface area contributed by atoms with E-state index in [1.165, 1.54) is 7.11 Å². The molecule has 1 unspecified atom stereocenters. The molecular formula is C22H20ClN3O4. The summed E-state index contributed by atoms with van der Waals surface area (Å²) in [6, 6.07) is 11.1. The van der Waals surface area contributed by atoms with Gasteiger partial charge in [0.05, 0.1) is 30.5 Å². The van der Waals surface area contributed by atoms with Crippen molar-refractivity contribution < 1.29 is 14.3 Å². The first-order valence-electron chi connectivity index (χ1n) is 9.63. The summed E-state index contributed by atoms with van der Waals surface area (Å²) in [7, 11) is 1.30. The van der Waals surface area contributed by atoms with E-state index in [1.54, 1.807) is 47.0 Å². The molecule has 0 radical (unpaired) electrons. The topological polar surface area (TPSA) is 90.3 Å². The third kappa shape index (κ3) is 3.93. The maximum Gasteiger partial charge on any atom is 0.307 e. The van der Waals surface area contributed by atoms with Crippen LogP contribution in [0.4, 0.5) is 0 Å². The van der Waals surface area contributed by atoms with E-state index >= 15 is 0 Å². The summed E-state index contributed by atoms with van der Waals surface area (Å²) >= 11 is 5.95. The highest BCUT2D eigenvalue weighted by Gasteiger charge is 2.21. The van der Waals surface area contributed by atoms with Gasteiger partial charge in [0.2, 0.25) is 0 Å². The van der Waals surface area contributed by atoms with Gasteiger partial charge >= 0.3 is 5.97 Å². The summed E-state index contributed by atoms with van der Waals surface area (Å²) in [4.78, 5) is 42.0. The standard InChI is InChI=1S/C22H20ClN3O4/c1-30-20(27)12-17(13-4-7-15(23)8-5-13)25-21(28)14-6-9-16-18(11-14)24-19-3-2-10-26(19)22(16)29/h4-9,11,17H,2-3,10,12H2,1H3,(H,25,28). The molecule has 2 aromatic carbocycles. The summed E-state index contributed by atoms with van der Waals surface area (Å²) in [5, 5.41) is 3.92. The van der Waals surface area contributed by atoms with E-state index in [9.17, 15) is 14.4 Å². The van der Waals surface area contributed by atoms with E-state index in [-0.39, 0.29) is 17.9 Å². The van der Waals surface area contributed by atoms with Crippen LogP contribution in [0, 0.1) is 0 Å². The number of aryl methyl sites for hydroxylation is 1. The lowest BCUT2D eigenvalue weighted by molar-refractivity contribution is -0.141. The van der Waals surface area contributed by atoms with E-state index in [0.29, 0.717) is 28.0 Å². The van der Waals surface area contributed by atoms with E-state index < -0.39 is 12.0 Å². The van der Waals surface area contributed by atoms with E-state index in [0.717, 1.165) is 24.2 Å². The molecule has 1 N–H and O–H groups in total. The molecule has 0 aliphatic carbocycles. The molecule has 154 valence electrons. The van der Waals surface area contributed by atoms with E-state index in [2.05, 4.69) is 10.3 Å². The number of ether oxygens (including phenoxy) is 1. The number of halogens is 1. The number of nitrogens with one attached hydrogen (secondary N) is 1. The minimum Gasteiger partial charge on any atom is -0.469 e. The van der Waals surface area contributed by atoms with Gasteiger partial charge in [0.25, 0.3) is 11.5 Å². The third-order valence-corrected chi connectivity index (χ3v) is 5.51. The van der Waals surface area contributed by atoms with Gasteiger partial charge < -0.3 is 10.1 Å². The average molecular weight is 426 g/mol. The molecule has 4 rings (SSSR count). The fraction of sp³-hybridized carbons (Fsp3) is 0.273. The Hall–Kier alpha value is -3.19. The molecule has 1 aliphatic heterocycles. The molecule has 8 heteroatoms. The Labute approximate surface area is 177 Å². The average Bonchev–Trinajstić information content (AvgIpc) is 3.22. The molecule has 2 heterocycles. The zero-order valence-corrected chi connectivity index (χ0v) is 17.1. The van der Waals surface area contributed by atoms with Gasteiger partial charge in [-0.25, -0.2) is 4.98 Å². The number of hydrogen-bond donors (Lipinski definition) is 1. The molecule has 3 aromatic rings. The van der Waals surface area contributed by atoms with Crippen LogP contribution in [-0.2, 0) is 22.5 Å². The van der Waals surface area contributed by atoms with Crippen molar-refractivity contribution in [3.8, 4) is 0 Å². The van der Waals surface area contributed by atoms with Crippen molar-refractivity contribution in [3.05, 3.63) is 74.8 Å². The highest BCUT2D eigenvalue weighted by atomic mass is 35.5. The van der Waals surface area contributed by atoms with Crippen molar-refractivity contribution in [3.63, 3.8) is 0 Å². The number of carbonyl (C=O) groups excluding carboxylic acids is 2. The van der Waals surface area contributed by atoms with E-state index in [1.807, 2.05) is 0 Å². The van der Waals surface area contributed by atoms with Crippen LogP contribution in [0.25, 0.3) is 10.9 Å². The third-order valence-electron chi connectivity index (χ3n) is 5.25. The largest absolute Gasteiger partial charge is 0.469 e. The summed E-state index contributed by atoms with van der Waals surface area (Å²) in [6.07, 6.45) is 1.62. The smallest absolute Gasteiger partial charge is 0.307 e. The number of amides is 1. The first kappa shape index (κ1) is 20.1. The molecular weight excluding hydrogens is 406 g/mol. The Kier molecular flexibility index (Phi) is 5.55. The quantitative estimate of drug-likeness (QED) is 0.634. The van der Waals surface area contributed by atoms with Crippen LogP contribution >= 0.6 is 11.6 Å². The van der Waals surface area contributed by atoms with Crippen molar-refractivity contribution in [1.82, 2.24) is 14.9 Å². The van der Waals surface area contributed by atoms with Crippen molar-refractivity contribution in [2.45, 2.75) is 31.8 Å². The van der Waals surface area contributed by atoms with Gasteiger partial charge in [-0.05, 0) is 42.3 Å². The molecule has 7 nitrogen and oxygen atoms in total. The summed E-state index contributed by atoms with van der Waals surface area (Å²) in [5.41, 5.74) is 1.51. The predicted molar refractivity (Wildman–Crippen MR) is 113 cm³/mol. The number of aromatic nitrogens is 2. The van der Waals surface area contributed by atoms with E-state index in [4.69, 9.17) is 16.3 Å². The SMILES string of the molecule is COC(=O)CC(NC(=O)c1ccc2c(=O)n3c(nc2c1)CCC3)c1ccc(Cl)cc1. The second-order valence-electron chi connectivity index (χ2n) is 7.18. The van der Waals surface area contributed by atoms with Gasteiger partial charge in [-0.1, -0.05) is 23.7 Å². The minimum absolute atomic E-state index is 0.0233. The lowest BCUT2D eigenvalue weighted by Gasteiger charge is -2.18. The predicted octanol–water partition coefficient (Wildman–Crippen LogP) is 3.03. The van der Waals surface area contributed by atoms with Gasteiger partial charge in [-0.3, -0.25) is 19.0 Å². The monoisotopic (exact) mass is 425 g/mol. The normalized spacial score (nSPS) is 13.7. The van der Waals surface area contributed by atoms with Crippen LogP contribution in [0.1, 0.15) is 40.6 Å². The van der Waals surface area contributed by atoms with Crippen LogP contribution in [0.3, 0.4) is 0 Å². The van der Waals surface area contributed by atoms with Crippen molar-refractivity contribution >= 4 is 34.4 Å². The fourth-order valence-corrected chi connectivity index (χ4v) is 3.79. The maximum atomic E-state index is 12.9. The molecule has 0 saturated heterocycles. The van der Waals surface area contributed by atoms with Gasteiger partial charge in [0, 0.05) is 23.6 Å². The lowest BCUT2D eigenvalue weighted by atomic mass is 10.0. The van der Waals surface area contributed by atoms with Crippen LogP contribution in [0.5, 0.6) is 0 Å². The molecule has 1 atom stereocenters.